The zero-order valence-electron chi connectivity index (χ0n) is 17.9. The Hall–Kier alpha value is -2.79. The van der Waals surface area contributed by atoms with Gasteiger partial charge in [0.05, 0.1) is 12.2 Å². The van der Waals surface area contributed by atoms with Crippen molar-refractivity contribution >= 4 is 29.3 Å². The van der Waals surface area contributed by atoms with Crippen molar-refractivity contribution in [2.75, 3.05) is 24.2 Å². The highest BCUT2D eigenvalue weighted by molar-refractivity contribution is 7.98. The first-order chi connectivity index (χ1) is 16.0. The largest absolute Gasteiger partial charge is 0.342 e. The maximum Gasteiger partial charge on any atom is 0.257 e. The van der Waals surface area contributed by atoms with Gasteiger partial charge in [0.1, 0.15) is 17.9 Å². The fourth-order valence-corrected chi connectivity index (χ4v) is 5.65. The number of halogens is 2. The van der Waals surface area contributed by atoms with Gasteiger partial charge < -0.3 is 14.5 Å². The van der Waals surface area contributed by atoms with Crippen molar-refractivity contribution in [3.63, 3.8) is 0 Å². The van der Waals surface area contributed by atoms with Crippen LogP contribution < -0.4 is 4.90 Å². The molecule has 3 fully saturated rings. The molecule has 2 unspecified atom stereocenters. The topological polar surface area (TPSA) is 75.9 Å². The number of rotatable bonds is 3. The van der Waals surface area contributed by atoms with Crippen LogP contribution in [0.1, 0.15) is 37.3 Å². The number of fused-ring (bicyclic) bond motifs is 2. The Bertz CT molecular complexity index is 1220. The van der Waals surface area contributed by atoms with Gasteiger partial charge in [0.25, 0.3) is 5.91 Å². The third-order valence-electron chi connectivity index (χ3n) is 6.84. The highest BCUT2D eigenvalue weighted by Crippen LogP contribution is 2.48. The number of thioether (sulfide) groups is 1. The van der Waals surface area contributed by atoms with E-state index in [0.29, 0.717) is 55.4 Å². The van der Waals surface area contributed by atoms with E-state index < -0.39 is 17.2 Å². The van der Waals surface area contributed by atoms with E-state index in [2.05, 4.69) is 20.0 Å². The molecule has 8 nitrogen and oxygen atoms in total. The van der Waals surface area contributed by atoms with Gasteiger partial charge in [0, 0.05) is 38.1 Å². The fraction of sp³-hybridized carbons (Fsp3) is 0.455. The van der Waals surface area contributed by atoms with Crippen molar-refractivity contribution in [2.45, 2.75) is 48.7 Å². The van der Waals surface area contributed by atoms with Crippen LogP contribution >= 0.6 is 11.8 Å². The Morgan fingerprint density at radius 2 is 1.88 bits per heavy atom. The van der Waals surface area contributed by atoms with E-state index in [4.69, 9.17) is 4.74 Å². The number of nitrogens with zero attached hydrogens (tertiary/aromatic N) is 6. The third-order valence-corrected chi connectivity index (χ3v) is 7.39. The van der Waals surface area contributed by atoms with Gasteiger partial charge >= 0.3 is 0 Å². The smallest absolute Gasteiger partial charge is 0.257 e. The lowest BCUT2D eigenvalue weighted by Gasteiger charge is -2.38. The molecule has 6 rings (SSSR count). The van der Waals surface area contributed by atoms with Crippen LogP contribution in [0.15, 0.2) is 35.6 Å². The van der Waals surface area contributed by atoms with Crippen LogP contribution in [0.25, 0.3) is 5.65 Å². The minimum Gasteiger partial charge on any atom is -0.342 e. The molecule has 0 aliphatic carbocycles. The summed E-state index contributed by atoms with van der Waals surface area (Å²) < 4.78 is 35.7. The van der Waals surface area contributed by atoms with Gasteiger partial charge in [-0.15, -0.1) is 0 Å². The lowest BCUT2D eigenvalue weighted by molar-refractivity contribution is -0.140. The summed E-state index contributed by atoms with van der Waals surface area (Å²) in [4.78, 5) is 26.5. The highest BCUT2D eigenvalue weighted by Gasteiger charge is 2.58. The first kappa shape index (κ1) is 20.8. The number of ether oxygens (including phenoxy) is 1. The van der Waals surface area contributed by atoms with Gasteiger partial charge in [-0.25, -0.2) is 13.8 Å². The molecule has 0 radical (unpaired) electrons. The quantitative estimate of drug-likeness (QED) is 0.542. The zero-order chi connectivity index (χ0) is 22.7. The minimum absolute atomic E-state index is 0.0870. The molecule has 3 aliphatic rings. The van der Waals surface area contributed by atoms with E-state index in [1.54, 1.807) is 15.6 Å². The van der Waals surface area contributed by atoms with Crippen LogP contribution in [0, 0.1) is 11.6 Å². The summed E-state index contributed by atoms with van der Waals surface area (Å²) in [7, 11) is 0. The average molecular weight is 473 g/mol. The average Bonchev–Trinajstić information content (AvgIpc) is 3.50. The van der Waals surface area contributed by atoms with Crippen LogP contribution in [0.3, 0.4) is 0 Å². The normalized spacial score (nSPS) is 24.3. The van der Waals surface area contributed by atoms with Gasteiger partial charge in [-0.1, -0.05) is 11.8 Å². The van der Waals surface area contributed by atoms with Crippen LogP contribution in [0.2, 0.25) is 0 Å². The lowest BCUT2D eigenvalue weighted by atomic mass is 9.89. The molecule has 11 heteroatoms. The summed E-state index contributed by atoms with van der Waals surface area (Å²) in [5, 5.41) is 5.01. The molecule has 5 heterocycles. The number of hydrogen-bond acceptors (Lipinski definition) is 7. The molecule has 3 aromatic rings. The van der Waals surface area contributed by atoms with E-state index in [0.717, 1.165) is 11.7 Å². The number of piperidine rings is 1. The molecule has 3 saturated heterocycles. The molecule has 2 aromatic heterocycles. The van der Waals surface area contributed by atoms with E-state index in [1.165, 1.54) is 23.9 Å². The molecule has 0 saturated carbocycles. The maximum atomic E-state index is 13.8. The van der Waals surface area contributed by atoms with E-state index in [1.807, 2.05) is 12.3 Å². The third kappa shape index (κ3) is 3.28. The number of amides is 1. The maximum absolute atomic E-state index is 13.8. The first-order valence-corrected chi connectivity index (χ1v) is 12.2. The summed E-state index contributed by atoms with van der Waals surface area (Å²) >= 11 is 1.47. The Labute approximate surface area is 192 Å². The molecule has 0 bridgehead atoms. The lowest BCUT2D eigenvalue weighted by Crippen LogP contribution is -2.51. The molecular weight excluding hydrogens is 450 g/mol. The van der Waals surface area contributed by atoms with Crippen LogP contribution in [-0.4, -0.2) is 61.6 Å². The Kier molecular flexibility index (Phi) is 4.80. The summed E-state index contributed by atoms with van der Waals surface area (Å²) in [5.41, 5.74) is 0.293. The van der Waals surface area contributed by atoms with E-state index in [-0.39, 0.29) is 18.2 Å². The van der Waals surface area contributed by atoms with Gasteiger partial charge in [-0.05, 0) is 36.8 Å². The zero-order valence-corrected chi connectivity index (χ0v) is 18.8. The SMILES string of the molecule is CSc1nc(N2CCC3(CC2)OC2CCC(c4cc(F)cc(F)c4)N2C3=O)n2nccc2n1. The Morgan fingerprint density at radius 1 is 1.12 bits per heavy atom. The van der Waals surface area contributed by atoms with Gasteiger partial charge in [0.2, 0.25) is 5.95 Å². The van der Waals surface area contributed by atoms with Crippen molar-refractivity contribution in [3.8, 4) is 0 Å². The number of anilines is 1. The van der Waals surface area contributed by atoms with Crippen LogP contribution in [0.4, 0.5) is 14.7 Å². The van der Waals surface area contributed by atoms with Crippen LogP contribution in [0.5, 0.6) is 0 Å². The summed E-state index contributed by atoms with van der Waals surface area (Å²) in [6.07, 6.45) is 5.54. The van der Waals surface area contributed by atoms with E-state index >= 15 is 0 Å². The minimum atomic E-state index is -0.912. The summed E-state index contributed by atoms with van der Waals surface area (Å²) in [5.74, 6) is -0.661. The molecular formula is C22H22F2N6O2S. The Balaban J connectivity index is 1.24. The second-order valence-electron chi connectivity index (χ2n) is 8.67. The molecule has 2 atom stereocenters. The number of aromatic nitrogens is 4. The van der Waals surface area contributed by atoms with Gasteiger partial charge in [0.15, 0.2) is 16.4 Å². The van der Waals surface area contributed by atoms with Crippen molar-refractivity contribution < 1.29 is 18.3 Å². The number of hydrogen-bond donors (Lipinski definition) is 0. The van der Waals surface area contributed by atoms with Gasteiger partial charge in [-0.3, -0.25) is 4.79 Å². The molecule has 0 N–H and O–H groups in total. The molecule has 1 amide bonds. The second kappa shape index (κ2) is 7.63. The standard InChI is InChI=1S/C22H22F2N6O2S/c1-33-20-26-17-4-7-25-30(17)21(27-20)28-8-5-22(6-9-28)19(31)29-16(2-3-18(29)32-22)13-10-14(23)12-15(24)11-13/h4,7,10-12,16,18H,2-3,5-6,8-9H2,1H3. The van der Waals surface area contributed by atoms with Crippen molar-refractivity contribution in [1.29, 1.82) is 0 Å². The van der Waals surface area contributed by atoms with Crippen molar-refractivity contribution in [2.24, 2.45) is 0 Å². The monoisotopic (exact) mass is 472 g/mol. The van der Waals surface area contributed by atoms with Gasteiger partial charge in [-0.2, -0.15) is 14.6 Å². The highest BCUT2D eigenvalue weighted by atomic mass is 32.2. The van der Waals surface area contributed by atoms with E-state index in [9.17, 15) is 13.6 Å². The molecule has 3 aliphatic heterocycles. The number of carbonyl (C=O) groups is 1. The fourth-order valence-electron chi connectivity index (χ4n) is 5.29. The Morgan fingerprint density at radius 3 is 2.61 bits per heavy atom. The summed E-state index contributed by atoms with van der Waals surface area (Å²) in [6.45, 7) is 1.15. The first-order valence-electron chi connectivity index (χ1n) is 10.9. The predicted molar refractivity (Wildman–Crippen MR) is 117 cm³/mol. The predicted octanol–water partition coefficient (Wildman–Crippen LogP) is 3.18. The molecule has 1 aromatic carbocycles. The van der Waals surface area contributed by atoms with Crippen molar-refractivity contribution in [3.05, 3.63) is 47.7 Å². The molecule has 172 valence electrons. The number of carbonyl (C=O) groups excluding carboxylic acids is 1. The van der Waals surface area contributed by atoms with Crippen molar-refractivity contribution in [1.82, 2.24) is 24.5 Å². The summed E-state index contributed by atoms with van der Waals surface area (Å²) in [6, 6.07) is 4.93. The van der Waals surface area contributed by atoms with Crippen LogP contribution in [-0.2, 0) is 9.53 Å². The molecule has 1 spiro atoms. The molecule has 33 heavy (non-hydrogen) atoms. The second-order valence-corrected chi connectivity index (χ2v) is 9.45. The number of benzene rings is 1.